The zero-order valence-electron chi connectivity index (χ0n) is 19.0. The third kappa shape index (κ3) is 4.82. The number of nitrogens with zero attached hydrogens (tertiary/aromatic N) is 1. The lowest BCUT2D eigenvalue weighted by Gasteiger charge is -2.34. The molecule has 33 heavy (non-hydrogen) atoms. The Morgan fingerprint density at radius 3 is 2.12 bits per heavy atom. The first-order valence-corrected chi connectivity index (χ1v) is 12.3. The van der Waals surface area contributed by atoms with Gasteiger partial charge >= 0.3 is 0 Å². The fraction of sp³-hybridized carbons (Fsp3) is 0.481. The Balaban J connectivity index is 1.08. The molecule has 3 aliphatic rings. The molecule has 2 unspecified atom stereocenters. The van der Waals surface area contributed by atoms with Crippen molar-refractivity contribution in [3.8, 4) is 0 Å². The number of carbonyl (C=O) groups excluding carboxylic acids is 2. The van der Waals surface area contributed by atoms with Gasteiger partial charge in [0, 0.05) is 42.3 Å². The summed E-state index contributed by atoms with van der Waals surface area (Å²) in [6.07, 6.45) is 6.94. The third-order valence-electron chi connectivity index (χ3n) is 7.51. The molecular weight excluding hydrogens is 414 g/mol. The highest BCUT2D eigenvalue weighted by Gasteiger charge is 2.39. The van der Waals surface area contributed by atoms with Crippen molar-refractivity contribution in [2.24, 2.45) is 0 Å². The van der Waals surface area contributed by atoms with E-state index in [1.165, 1.54) is 17.5 Å². The number of hydrogen-bond donors (Lipinski definition) is 3. The Bertz CT molecular complexity index is 965. The summed E-state index contributed by atoms with van der Waals surface area (Å²) < 4.78 is 0. The van der Waals surface area contributed by atoms with Crippen LogP contribution in [-0.4, -0.2) is 59.1 Å². The number of carbonyl (C=O) groups is 2. The molecule has 2 bridgehead atoms. The molecule has 5 rings (SSSR count). The van der Waals surface area contributed by atoms with E-state index in [0.29, 0.717) is 35.8 Å². The molecule has 0 radical (unpaired) electrons. The normalized spacial score (nSPS) is 22.8. The van der Waals surface area contributed by atoms with Gasteiger partial charge in [0.05, 0.1) is 6.10 Å². The Hall–Kier alpha value is -2.70. The van der Waals surface area contributed by atoms with Gasteiger partial charge in [-0.25, -0.2) is 0 Å². The van der Waals surface area contributed by atoms with Crippen molar-refractivity contribution >= 4 is 11.8 Å². The molecule has 2 aromatic rings. The van der Waals surface area contributed by atoms with E-state index in [4.69, 9.17) is 0 Å². The first-order valence-electron chi connectivity index (χ1n) is 12.3. The number of rotatable bonds is 7. The molecule has 1 aliphatic carbocycles. The summed E-state index contributed by atoms with van der Waals surface area (Å²) in [5, 5.41) is 16.5. The van der Waals surface area contributed by atoms with Crippen molar-refractivity contribution in [3.05, 3.63) is 70.8 Å². The van der Waals surface area contributed by atoms with Crippen LogP contribution in [0.2, 0.25) is 0 Å². The Labute approximate surface area is 195 Å². The van der Waals surface area contributed by atoms with Crippen LogP contribution in [0.4, 0.5) is 0 Å². The number of hydrogen-bond acceptors (Lipinski definition) is 4. The fourth-order valence-electron chi connectivity index (χ4n) is 5.75. The number of fused-ring (bicyclic) bond motifs is 3. The Morgan fingerprint density at radius 2 is 1.48 bits per heavy atom. The molecule has 3 atom stereocenters. The second-order valence-corrected chi connectivity index (χ2v) is 9.75. The summed E-state index contributed by atoms with van der Waals surface area (Å²) >= 11 is 0. The first kappa shape index (κ1) is 22.1. The van der Waals surface area contributed by atoms with Gasteiger partial charge in [-0.3, -0.25) is 9.59 Å². The molecule has 2 amide bonds. The van der Waals surface area contributed by atoms with Gasteiger partial charge in [-0.2, -0.15) is 0 Å². The molecule has 0 aromatic heterocycles. The van der Waals surface area contributed by atoms with Gasteiger partial charge in [0.25, 0.3) is 11.8 Å². The molecule has 2 saturated heterocycles. The summed E-state index contributed by atoms with van der Waals surface area (Å²) in [4.78, 5) is 27.6. The van der Waals surface area contributed by atoms with Crippen LogP contribution in [0.15, 0.2) is 48.5 Å². The van der Waals surface area contributed by atoms with E-state index in [9.17, 15) is 14.7 Å². The fourth-order valence-corrected chi connectivity index (χ4v) is 5.75. The van der Waals surface area contributed by atoms with E-state index in [0.717, 1.165) is 38.5 Å². The van der Waals surface area contributed by atoms with Crippen LogP contribution < -0.4 is 10.6 Å². The minimum absolute atomic E-state index is 0.0877. The molecule has 2 aliphatic heterocycles. The van der Waals surface area contributed by atoms with Crippen LogP contribution in [0.25, 0.3) is 0 Å². The van der Waals surface area contributed by atoms with Gasteiger partial charge in [-0.1, -0.05) is 24.3 Å². The monoisotopic (exact) mass is 447 g/mol. The van der Waals surface area contributed by atoms with Gasteiger partial charge < -0.3 is 20.6 Å². The Morgan fingerprint density at radius 1 is 0.879 bits per heavy atom. The van der Waals surface area contributed by atoms with Crippen molar-refractivity contribution in [3.63, 3.8) is 0 Å². The van der Waals surface area contributed by atoms with E-state index < -0.39 is 6.10 Å². The second kappa shape index (κ2) is 9.65. The van der Waals surface area contributed by atoms with Crippen molar-refractivity contribution in [1.29, 1.82) is 0 Å². The molecular formula is C27H33N3O3. The Kier molecular flexibility index (Phi) is 6.47. The van der Waals surface area contributed by atoms with Gasteiger partial charge in [0.15, 0.2) is 0 Å². The largest absolute Gasteiger partial charge is 0.390 e. The summed E-state index contributed by atoms with van der Waals surface area (Å²) in [5.41, 5.74) is 3.88. The number of aliphatic hydroxyl groups is 1. The zero-order valence-corrected chi connectivity index (χ0v) is 19.0. The number of nitrogens with one attached hydrogen (secondary N) is 2. The standard InChI is InChI=1S/C27H33N3O3/c31-25(16-28-22-14-20-4-1-2-5-21(20)15-22)17-29-26(32)18-8-10-19(11-9-18)27(33)30-23-6-3-7-24(30)13-12-23/h1-2,4-5,8-11,22-25,28,31H,3,6-7,12-17H2,(H,29,32)/t23?,24?,25-/m0/s1. The summed E-state index contributed by atoms with van der Waals surface area (Å²) in [5.74, 6) is -0.149. The third-order valence-corrected chi connectivity index (χ3v) is 7.51. The lowest BCUT2D eigenvalue weighted by Crippen LogP contribution is -2.44. The van der Waals surface area contributed by atoms with Gasteiger partial charge in [-0.05, 0) is 80.3 Å². The predicted molar refractivity (Wildman–Crippen MR) is 127 cm³/mol. The van der Waals surface area contributed by atoms with Crippen LogP contribution in [-0.2, 0) is 12.8 Å². The minimum atomic E-state index is -0.659. The first-order chi connectivity index (χ1) is 16.1. The van der Waals surface area contributed by atoms with E-state index in [-0.39, 0.29) is 18.4 Å². The van der Waals surface area contributed by atoms with Crippen molar-refractivity contribution in [1.82, 2.24) is 15.5 Å². The van der Waals surface area contributed by atoms with Crippen molar-refractivity contribution < 1.29 is 14.7 Å². The molecule has 6 nitrogen and oxygen atoms in total. The maximum absolute atomic E-state index is 13.0. The van der Waals surface area contributed by atoms with E-state index in [1.54, 1.807) is 24.3 Å². The smallest absolute Gasteiger partial charge is 0.254 e. The lowest BCUT2D eigenvalue weighted by atomic mass is 10.0. The SMILES string of the molecule is O=C(NC[C@@H](O)CNC1Cc2ccccc2C1)c1ccc(C(=O)N2C3CCCC2CC3)cc1. The second-order valence-electron chi connectivity index (χ2n) is 9.75. The lowest BCUT2D eigenvalue weighted by molar-refractivity contribution is 0.0595. The van der Waals surface area contributed by atoms with Gasteiger partial charge in [-0.15, -0.1) is 0 Å². The number of piperidine rings is 1. The number of aliphatic hydroxyl groups excluding tert-OH is 1. The van der Waals surface area contributed by atoms with E-state index in [2.05, 4.69) is 39.8 Å². The van der Waals surface area contributed by atoms with Crippen LogP contribution in [0, 0.1) is 0 Å². The van der Waals surface area contributed by atoms with Crippen LogP contribution in [0.1, 0.15) is 63.9 Å². The minimum Gasteiger partial charge on any atom is -0.390 e. The molecule has 2 heterocycles. The molecule has 3 N–H and O–H groups in total. The molecule has 0 spiro atoms. The molecule has 174 valence electrons. The zero-order chi connectivity index (χ0) is 22.8. The summed E-state index contributed by atoms with van der Waals surface area (Å²) in [7, 11) is 0. The van der Waals surface area contributed by atoms with Gasteiger partial charge in [0.1, 0.15) is 0 Å². The summed E-state index contributed by atoms with van der Waals surface area (Å²) in [6, 6.07) is 16.4. The number of benzene rings is 2. The maximum Gasteiger partial charge on any atom is 0.254 e. The molecule has 6 heteroatoms. The average molecular weight is 448 g/mol. The van der Waals surface area contributed by atoms with E-state index >= 15 is 0 Å². The quantitative estimate of drug-likeness (QED) is 0.610. The summed E-state index contributed by atoms with van der Waals surface area (Å²) in [6.45, 7) is 0.619. The van der Waals surface area contributed by atoms with Crippen LogP contribution in [0.3, 0.4) is 0 Å². The highest BCUT2D eigenvalue weighted by Crippen LogP contribution is 2.36. The molecule has 2 aromatic carbocycles. The predicted octanol–water partition coefficient (Wildman–Crippen LogP) is 2.69. The molecule has 2 fully saturated rings. The van der Waals surface area contributed by atoms with Crippen molar-refractivity contribution in [2.45, 2.75) is 69.2 Å². The number of amides is 2. The highest BCUT2D eigenvalue weighted by molar-refractivity contribution is 5.98. The van der Waals surface area contributed by atoms with E-state index in [1.807, 2.05) is 0 Å². The van der Waals surface area contributed by atoms with Crippen molar-refractivity contribution in [2.75, 3.05) is 13.1 Å². The average Bonchev–Trinajstić information content (AvgIpc) is 3.37. The van der Waals surface area contributed by atoms with Crippen LogP contribution in [0.5, 0.6) is 0 Å². The molecule has 0 saturated carbocycles. The van der Waals surface area contributed by atoms with Gasteiger partial charge in [0.2, 0.25) is 0 Å². The van der Waals surface area contributed by atoms with Crippen LogP contribution >= 0.6 is 0 Å². The topological polar surface area (TPSA) is 81.7 Å². The highest BCUT2D eigenvalue weighted by atomic mass is 16.3. The maximum atomic E-state index is 13.0.